The SMILES string of the molecule is C=O.Cc1cc(/C=C/C(=O)N(C)c2cc3c(cc2OC(=O)c2ccccc2Nc2cccc(C)c2C)OCO3)ccc1O. The van der Waals surface area contributed by atoms with Crippen molar-refractivity contribution in [1.82, 2.24) is 0 Å². The van der Waals surface area contributed by atoms with Gasteiger partial charge < -0.3 is 34.3 Å². The van der Waals surface area contributed by atoms with Gasteiger partial charge in [0.15, 0.2) is 17.2 Å². The van der Waals surface area contributed by atoms with E-state index >= 15 is 0 Å². The van der Waals surface area contributed by atoms with Gasteiger partial charge >= 0.3 is 5.97 Å². The number of carbonyl (C=O) groups excluding carboxylic acids is 3. The lowest BCUT2D eigenvalue weighted by atomic mass is 10.1. The number of rotatable bonds is 7. The van der Waals surface area contributed by atoms with E-state index in [0.717, 1.165) is 22.4 Å². The minimum atomic E-state index is -0.602. The number of likely N-dealkylation sites (N-methyl/N-ethyl adjacent to an activating group) is 1. The van der Waals surface area contributed by atoms with E-state index in [1.54, 1.807) is 62.5 Å². The third-order valence-corrected chi connectivity index (χ3v) is 7.01. The van der Waals surface area contributed by atoms with Gasteiger partial charge in [-0.05, 0) is 79.4 Å². The van der Waals surface area contributed by atoms with Crippen LogP contribution >= 0.6 is 0 Å². The highest BCUT2D eigenvalue weighted by molar-refractivity contribution is 6.05. The van der Waals surface area contributed by atoms with Crippen LogP contribution in [0.5, 0.6) is 23.0 Å². The second kappa shape index (κ2) is 13.4. The number of benzene rings is 4. The average Bonchev–Trinajstić information content (AvgIpc) is 3.48. The van der Waals surface area contributed by atoms with Crippen molar-refractivity contribution >= 4 is 41.8 Å². The number of nitrogens with one attached hydrogen (secondary N) is 1. The third kappa shape index (κ3) is 6.84. The quantitative estimate of drug-likeness (QED) is 0.145. The number of esters is 1. The van der Waals surface area contributed by atoms with Gasteiger partial charge in [0, 0.05) is 30.9 Å². The number of aryl methyl sites for hydroxylation is 2. The van der Waals surface area contributed by atoms with Crippen molar-refractivity contribution in [2.45, 2.75) is 20.8 Å². The molecule has 0 radical (unpaired) electrons. The van der Waals surface area contributed by atoms with E-state index in [1.165, 1.54) is 11.0 Å². The van der Waals surface area contributed by atoms with Gasteiger partial charge in [-0.25, -0.2) is 4.79 Å². The van der Waals surface area contributed by atoms with Gasteiger partial charge in [0.2, 0.25) is 6.79 Å². The van der Waals surface area contributed by atoms with Gasteiger partial charge in [0.25, 0.3) is 5.91 Å². The third-order valence-electron chi connectivity index (χ3n) is 7.01. The molecule has 0 aromatic heterocycles. The highest BCUT2D eigenvalue weighted by Gasteiger charge is 2.25. The summed E-state index contributed by atoms with van der Waals surface area (Å²) in [7, 11) is 1.58. The molecule has 0 aliphatic carbocycles. The lowest BCUT2D eigenvalue weighted by Crippen LogP contribution is -2.25. The van der Waals surface area contributed by atoms with Crippen molar-refractivity contribution in [1.29, 1.82) is 0 Å². The van der Waals surface area contributed by atoms with Crippen molar-refractivity contribution in [3.05, 3.63) is 107 Å². The summed E-state index contributed by atoms with van der Waals surface area (Å²) in [6.45, 7) is 7.85. The maximum Gasteiger partial charge on any atom is 0.345 e. The summed E-state index contributed by atoms with van der Waals surface area (Å²) in [5.41, 5.74) is 5.79. The molecule has 0 unspecified atom stereocenters. The fourth-order valence-corrected chi connectivity index (χ4v) is 4.39. The molecule has 1 aliphatic heterocycles. The molecule has 1 heterocycles. The lowest BCUT2D eigenvalue weighted by molar-refractivity contribution is -0.113. The van der Waals surface area contributed by atoms with Crippen molar-refractivity contribution in [3.63, 3.8) is 0 Å². The Morgan fingerprint density at radius 3 is 2.35 bits per heavy atom. The van der Waals surface area contributed by atoms with Crippen LogP contribution in [-0.4, -0.2) is 37.6 Å². The summed E-state index contributed by atoms with van der Waals surface area (Å²) >= 11 is 0. The Kier molecular flexibility index (Phi) is 9.47. The molecule has 0 atom stereocenters. The first kappa shape index (κ1) is 30.4. The number of para-hydroxylation sites is 1. The summed E-state index contributed by atoms with van der Waals surface area (Å²) < 4.78 is 16.9. The number of phenols is 1. The number of ether oxygens (including phenoxy) is 3. The monoisotopic (exact) mass is 580 g/mol. The van der Waals surface area contributed by atoms with E-state index in [2.05, 4.69) is 5.32 Å². The Balaban J connectivity index is 0.00000207. The number of aromatic hydroxyl groups is 1. The molecule has 9 heteroatoms. The highest BCUT2D eigenvalue weighted by atomic mass is 16.7. The van der Waals surface area contributed by atoms with Crippen LogP contribution in [0.2, 0.25) is 0 Å². The van der Waals surface area contributed by atoms with Crippen LogP contribution in [0.25, 0.3) is 6.08 Å². The number of nitrogens with zero attached hydrogens (tertiary/aromatic N) is 1. The molecule has 0 saturated heterocycles. The van der Waals surface area contributed by atoms with E-state index in [0.29, 0.717) is 34.0 Å². The van der Waals surface area contributed by atoms with Gasteiger partial charge in [-0.3, -0.25) is 4.79 Å². The van der Waals surface area contributed by atoms with E-state index in [4.69, 9.17) is 19.0 Å². The predicted molar refractivity (Wildman–Crippen MR) is 166 cm³/mol. The predicted octanol–water partition coefficient (Wildman–Crippen LogP) is 6.50. The molecule has 4 aromatic carbocycles. The summed E-state index contributed by atoms with van der Waals surface area (Å²) in [5, 5.41) is 13.1. The minimum absolute atomic E-state index is 0.0204. The fourth-order valence-electron chi connectivity index (χ4n) is 4.39. The maximum absolute atomic E-state index is 13.5. The highest BCUT2D eigenvalue weighted by Crippen LogP contribution is 2.43. The van der Waals surface area contributed by atoms with Crippen LogP contribution < -0.4 is 24.4 Å². The van der Waals surface area contributed by atoms with Crippen molar-refractivity contribution in [3.8, 4) is 23.0 Å². The summed E-state index contributed by atoms with van der Waals surface area (Å²) in [6.07, 6.45) is 3.06. The summed E-state index contributed by atoms with van der Waals surface area (Å²) in [6, 6.07) is 21.2. The van der Waals surface area contributed by atoms with Gasteiger partial charge in [0.1, 0.15) is 12.5 Å². The Bertz CT molecular complexity index is 1700. The van der Waals surface area contributed by atoms with E-state index in [-0.39, 0.29) is 24.2 Å². The molecule has 0 bridgehead atoms. The molecular weight excluding hydrogens is 548 g/mol. The first-order chi connectivity index (χ1) is 20.7. The zero-order chi connectivity index (χ0) is 31.1. The molecule has 4 aromatic rings. The summed E-state index contributed by atoms with van der Waals surface area (Å²) in [4.78, 5) is 36.1. The number of hydrogen-bond donors (Lipinski definition) is 2. The van der Waals surface area contributed by atoms with E-state index in [9.17, 15) is 14.7 Å². The number of amides is 1. The molecule has 220 valence electrons. The van der Waals surface area contributed by atoms with Crippen LogP contribution in [0.15, 0.2) is 78.9 Å². The Labute approximate surface area is 249 Å². The first-order valence-corrected chi connectivity index (χ1v) is 13.3. The van der Waals surface area contributed by atoms with Gasteiger partial charge in [0.05, 0.1) is 16.9 Å². The van der Waals surface area contributed by atoms with Crippen LogP contribution in [0.4, 0.5) is 17.1 Å². The van der Waals surface area contributed by atoms with Crippen molar-refractivity contribution in [2.24, 2.45) is 0 Å². The number of hydrogen-bond acceptors (Lipinski definition) is 8. The van der Waals surface area contributed by atoms with E-state index in [1.807, 2.05) is 51.0 Å². The Hall–Kier alpha value is -5.57. The standard InChI is InChI=1S/C33H30N2O6.CH2O/c1-20-8-7-11-25(22(20)3)34-26-10-6-5-9-24(26)33(38)41-29-18-31-30(39-19-40-31)17-27(29)35(4)32(37)15-13-23-12-14-28(36)21(2)16-23;1-2/h5-18,34,36H,19H2,1-4H3;1H2/b15-13+;. The van der Waals surface area contributed by atoms with Crippen LogP contribution in [-0.2, 0) is 9.59 Å². The molecule has 0 spiro atoms. The molecule has 1 aliphatic rings. The largest absolute Gasteiger partial charge is 0.508 e. The number of fused-ring (bicyclic) bond motifs is 1. The molecule has 1 amide bonds. The Morgan fingerprint density at radius 1 is 0.907 bits per heavy atom. The molecule has 2 N–H and O–H groups in total. The fraction of sp³-hybridized carbons (Fsp3) is 0.147. The van der Waals surface area contributed by atoms with Gasteiger partial charge in [-0.2, -0.15) is 0 Å². The van der Waals surface area contributed by atoms with Crippen LogP contribution in [0.1, 0.15) is 32.6 Å². The van der Waals surface area contributed by atoms with Gasteiger partial charge in [-0.1, -0.05) is 30.3 Å². The smallest absolute Gasteiger partial charge is 0.345 e. The zero-order valence-corrected chi connectivity index (χ0v) is 24.3. The van der Waals surface area contributed by atoms with Gasteiger partial charge in [-0.15, -0.1) is 0 Å². The molecule has 0 fully saturated rings. The molecule has 43 heavy (non-hydrogen) atoms. The second-order valence-electron chi connectivity index (χ2n) is 9.76. The average molecular weight is 581 g/mol. The number of anilines is 3. The maximum atomic E-state index is 13.5. The zero-order valence-electron chi connectivity index (χ0n) is 24.3. The normalized spacial score (nSPS) is 11.4. The minimum Gasteiger partial charge on any atom is -0.508 e. The molecule has 5 rings (SSSR count). The van der Waals surface area contributed by atoms with Crippen LogP contribution in [0.3, 0.4) is 0 Å². The molecular formula is C34H32N2O7. The number of carbonyl (C=O) groups is 3. The molecule has 9 nitrogen and oxygen atoms in total. The first-order valence-electron chi connectivity index (χ1n) is 13.3. The van der Waals surface area contributed by atoms with Crippen LogP contribution in [0, 0.1) is 20.8 Å². The Morgan fingerprint density at radius 2 is 1.60 bits per heavy atom. The lowest BCUT2D eigenvalue weighted by Gasteiger charge is -2.20. The van der Waals surface area contributed by atoms with E-state index < -0.39 is 5.97 Å². The topological polar surface area (TPSA) is 114 Å². The molecule has 0 saturated carbocycles. The second-order valence-corrected chi connectivity index (χ2v) is 9.76. The van der Waals surface area contributed by atoms with Crippen molar-refractivity contribution in [2.75, 3.05) is 24.1 Å². The van der Waals surface area contributed by atoms with Crippen molar-refractivity contribution < 1.29 is 33.7 Å². The number of phenolic OH excluding ortho intramolecular Hbond substituents is 1. The summed E-state index contributed by atoms with van der Waals surface area (Å²) in [5.74, 6) is 0.218.